The normalized spacial score (nSPS) is 15.0. The van der Waals surface area contributed by atoms with Crippen molar-refractivity contribution in [3.05, 3.63) is 24.2 Å². The Morgan fingerprint density at radius 2 is 2.14 bits per heavy atom. The average molecular weight is 292 g/mol. The Bertz CT molecular complexity index is 570. The maximum absolute atomic E-state index is 5.51. The van der Waals surface area contributed by atoms with Crippen LogP contribution in [0.3, 0.4) is 0 Å². The van der Waals surface area contributed by atoms with E-state index in [1.165, 1.54) is 0 Å². The Kier molecular flexibility index (Phi) is 4.12. The molecule has 9 heteroatoms. The Labute approximate surface area is 121 Å². The first-order chi connectivity index (χ1) is 10.3. The van der Waals surface area contributed by atoms with Crippen molar-refractivity contribution in [3.8, 4) is 6.01 Å². The fraction of sp³-hybridized carbons (Fsp3) is 0.417. The van der Waals surface area contributed by atoms with Crippen molar-refractivity contribution in [2.24, 2.45) is 5.84 Å². The second-order valence-corrected chi connectivity index (χ2v) is 4.35. The molecule has 3 heterocycles. The zero-order chi connectivity index (χ0) is 14.5. The van der Waals surface area contributed by atoms with Crippen molar-refractivity contribution >= 4 is 11.9 Å². The number of hydrazine groups is 1. The van der Waals surface area contributed by atoms with Gasteiger partial charge < -0.3 is 18.8 Å². The van der Waals surface area contributed by atoms with Crippen molar-refractivity contribution in [2.75, 3.05) is 36.6 Å². The van der Waals surface area contributed by atoms with Crippen LogP contribution in [0.5, 0.6) is 6.01 Å². The highest BCUT2D eigenvalue weighted by Gasteiger charge is 2.17. The molecule has 112 valence electrons. The molecule has 3 rings (SSSR count). The number of anilines is 2. The topological polar surface area (TPSA) is 112 Å². The van der Waals surface area contributed by atoms with Gasteiger partial charge in [0.1, 0.15) is 12.4 Å². The molecule has 2 aromatic heterocycles. The Morgan fingerprint density at radius 3 is 2.86 bits per heavy atom. The van der Waals surface area contributed by atoms with E-state index in [0.29, 0.717) is 38.0 Å². The molecular formula is C12H16N6O3. The van der Waals surface area contributed by atoms with Gasteiger partial charge >= 0.3 is 6.01 Å². The highest BCUT2D eigenvalue weighted by atomic mass is 16.5. The molecule has 0 atom stereocenters. The van der Waals surface area contributed by atoms with E-state index >= 15 is 0 Å². The molecule has 0 bridgehead atoms. The number of hydrogen-bond donors (Lipinski definition) is 2. The number of morpholine rings is 1. The highest BCUT2D eigenvalue weighted by Crippen LogP contribution is 2.16. The van der Waals surface area contributed by atoms with Crippen molar-refractivity contribution in [3.63, 3.8) is 0 Å². The van der Waals surface area contributed by atoms with Crippen LogP contribution in [0.1, 0.15) is 5.76 Å². The van der Waals surface area contributed by atoms with Crippen molar-refractivity contribution in [1.29, 1.82) is 0 Å². The summed E-state index contributed by atoms with van der Waals surface area (Å²) in [5.74, 6) is 6.83. The number of aromatic nitrogens is 3. The molecule has 0 unspecified atom stereocenters. The van der Waals surface area contributed by atoms with Crippen molar-refractivity contribution in [2.45, 2.75) is 6.61 Å². The number of nitrogens with two attached hydrogens (primary N) is 1. The number of nitrogens with zero attached hydrogens (tertiary/aromatic N) is 4. The monoisotopic (exact) mass is 292 g/mol. The molecule has 2 aromatic rings. The van der Waals surface area contributed by atoms with Crippen LogP contribution in [0.15, 0.2) is 22.8 Å². The summed E-state index contributed by atoms with van der Waals surface area (Å²) in [7, 11) is 0. The lowest BCUT2D eigenvalue weighted by Gasteiger charge is -2.26. The summed E-state index contributed by atoms with van der Waals surface area (Å²) in [5, 5.41) is 0. The van der Waals surface area contributed by atoms with Gasteiger partial charge in [-0.2, -0.15) is 15.0 Å². The SMILES string of the molecule is NNc1nc(OCc2ccco2)nc(N2CCOCC2)n1. The first kappa shape index (κ1) is 13.6. The molecule has 0 spiro atoms. The number of ether oxygens (including phenoxy) is 2. The molecule has 1 aliphatic rings. The summed E-state index contributed by atoms with van der Waals surface area (Å²) in [5.41, 5.74) is 2.42. The van der Waals surface area contributed by atoms with Gasteiger partial charge in [0.05, 0.1) is 19.5 Å². The highest BCUT2D eigenvalue weighted by molar-refractivity contribution is 5.38. The molecule has 3 N–H and O–H groups in total. The van der Waals surface area contributed by atoms with Gasteiger partial charge in [0.2, 0.25) is 11.9 Å². The Morgan fingerprint density at radius 1 is 1.29 bits per heavy atom. The van der Waals surface area contributed by atoms with E-state index in [1.54, 1.807) is 12.3 Å². The molecule has 0 amide bonds. The van der Waals surface area contributed by atoms with E-state index in [1.807, 2.05) is 11.0 Å². The zero-order valence-electron chi connectivity index (χ0n) is 11.4. The fourth-order valence-corrected chi connectivity index (χ4v) is 1.91. The van der Waals surface area contributed by atoms with Gasteiger partial charge in [-0.1, -0.05) is 0 Å². The van der Waals surface area contributed by atoms with Crippen LogP contribution >= 0.6 is 0 Å². The smallest absolute Gasteiger partial charge is 0.323 e. The van der Waals surface area contributed by atoms with E-state index in [-0.39, 0.29) is 18.6 Å². The summed E-state index contributed by atoms with van der Waals surface area (Å²) in [6.07, 6.45) is 1.58. The van der Waals surface area contributed by atoms with Crippen LogP contribution in [0.4, 0.5) is 11.9 Å². The van der Waals surface area contributed by atoms with E-state index in [4.69, 9.17) is 19.7 Å². The van der Waals surface area contributed by atoms with Crippen LogP contribution in [-0.2, 0) is 11.3 Å². The fourth-order valence-electron chi connectivity index (χ4n) is 1.91. The van der Waals surface area contributed by atoms with Crippen LogP contribution in [0, 0.1) is 0 Å². The lowest BCUT2D eigenvalue weighted by Crippen LogP contribution is -2.37. The maximum atomic E-state index is 5.51. The van der Waals surface area contributed by atoms with E-state index < -0.39 is 0 Å². The van der Waals surface area contributed by atoms with Crippen molar-refractivity contribution in [1.82, 2.24) is 15.0 Å². The minimum Gasteiger partial charge on any atom is -0.466 e. The van der Waals surface area contributed by atoms with Gasteiger partial charge in [-0.3, -0.25) is 5.43 Å². The molecule has 9 nitrogen and oxygen atoms in total. The number of furan rings is 1. The largest absolute Gasteiger partial charge is 0.466 e. The molecule has 0 aromatic carbocycles. The molecular weight excluding hydrogens is 276 g/mol. The molecule has 0 saturated carbocycles. The standard InChI is InChI=1S/C12H16N6O3/c13-17-10-14-11(18-3-6-19-7-4-18)16-12(15-10)21-8-9-2-1-5-20-9/h1-2,5H,3-4,6-8,13H2,(H,14,15,16,17). The summed E-state index contributed by atoms with van der Waals surface area (Å²) < 4.78 is 16.0. The zero-order valence-corrected chi connectivity index (χ0v) is 11.4. The predicted molar refractivity (Wildman–Crippen MR) is 73.7 cm³/mol. The lowest BCUT2D eigenvalue weighted by molar-refractivity contribution is 0.122. The molecule has 0 radical (unpaired) electrons. The summed E-state index contributed by atoms with van der Waals surface area (Å²) in [4.78, 5) is 14.6. The molecule has 1 fully saturated rings. The third kappa shape index (κ3) is 3.38. The summed E-state index contributed by atoms with van der Waals surface area (Å²) in [6.45, 7) is 2.94. The van der Waals surface area contributed by atoms with Gasteiger partial charge in [-0.25, -0.2) is 5.84 Å². The number of nitrogen functional groups attached to an aromatic ring is 1. The maximum Gasteiger partial charge on any atom is 0.323 e. The van der Waals surface area contributed by atoms with E-state index in [2.05, 4.69) is 20.4 Å². The lowest BCUT2D eigenvalue weighted by atomic mass is 10.4. The van der Waals surface area contributed by atoms with Crippen LogP contribution < -0.4 is 20.9 Å². The van der Waals surface area contributed by atoms with E-state index in [9.17, 15) is 0 Å². The quantitative estimate of drug-likeness (QED) is 0.588. The second kappa shape index (κ2) is 6.37. The second-order valence-electron chi connectivity index (χ2n) is 4.35. The molecule has 0 aliphatic carbocycles. The van der Waals surface area contributed by atoms with Gasteiger partial charge in [0, 0.05) is 13.1 Å². The average Bonchev–Trinajstić information content (AvgIpc) is 3.07. The first-order valence-corrected chi connectivity index (χ1v) is 6.56. The van der Waals surface area contributed by atoms with Gasteiger partial charge in [-0.15, -0.1) is 0 Å². The number of hydrogen-bond acceptors (Lipinski definition) is 9. The summed E-state index contributed by atoms with van der Waals surface area (Å²) in [6, 6.07) is 3.79. The molecule has 21 heavy (non-hydrogen) atoms. The first-order valence-electron chi connectivity index (χ1n) is 6.56. The third-order valence-electron chi connectivity index (χ3n) is 2.95. The van der Waals surface area contributed by atoms with E-state index in [0.717, 1.165) is 0 Å². The minimum atomic E-state index is 0.191. The molecule has 1 aliphatic heterocycles. The predicted octanol–water partition coefficient (Wildman–Crippen LogP) is 0.166. The van der Waals surface area contributed by atoms with Gasteiger partial charge in [0.15, 0.2) is 0 Å². The number of nitrogens with one attached hydrogen (secondary N) is 1. The van der Waals surface area contributed by atoms with Crippen LogP contribution in [-0.4, -0.2) is 41.3 Å². The van der Waals surface area contributed by atoms with Crippen LogP contribution in [0.25, 0.3) is 0 Å². The van der Waals surface area contributed by atoms with Gasteiger partial charge in [0.25, 0.3) is 0 Å². The molecule has 1 saturated heterocycles. The minimum absolute atomic E-state index is 0.191. The Balaban J connectivity index is 1.75. The van der Waals surface area contributed by atoms with Crippen molar-refractivity contribution < 1.29 is 13.9 Å². The van der Waals surface area contributed by atoms with Gasteiger partial charge in [-0.05, 0) is 12.1 Å². The van der Waals surface area contributed by atoms with Crippen LogP contribution in [0.2, 0.25) is 0 Å². The third-order valence-corrected chi connectivity index (χ3v) is 2.95. The number of rotatable bonds is 5. The Hall–Kier alpha value is -2.39. The summed E-state index contributed by atoms with van der Waals surface area (Å²) >= 11 is 0.